The van der Waals surface area contributed by atoms with Gasteiger partial charge in [-0.3, -0.25) is 4.79 Å². The van der Waals surface area contributed by atoms with E-state index in [4.69, 9.17) is 10.5 Å². The number of benzene rings is 1. The Kier molecular flexibility index (Phi) is 4.90. The summed E-state index contributed by atoms with van der Waals surface area (Å²) >= 11 is 0. The zero-order valence-electron chi connectivity index (χ0n) is 10.00. The van der Waals surface area contributed by atoms with Crippen molar-refractivity contribution in [1.29, 1.82) is 0 Å². The van der Waals surface area contributed by atoms with Gasteiger partial charge in [-0.2, -0.15) is 0 Å². The lowest BCUT2D eigenvalue weighted by molar-refractivity contribution is -0.117. The fourth-order valence-electron chi connectivity index (χ4n) is 1.27. The van der Waals surface area contributed by atoms with Gasteiger partial charge in [-0.15, -0.1) is 0 Å². The van der Waals surface area contributed by atoms with Gasteiger partial charge < -0.3 is 15.8 Å². The van der Waals surface area contributed by atoms with E-state index in [2.05, 4.69) is 5.32 Å². The lowest BCUT2D eigenvalue weighted by Gasteiger charge is -2.11. The molecule has 5 heteroatoms. The summed E-state index contributed by atoms with van der Waals surface area (Å²) in [5.74, 6) is -0.656. The van der Waals surface area contributed by atoms with E-state index < -0.39 is 11.9 Å². The Labute approximate surface area is 100.0 Å². The molecular weight excluding hydrogens is 223 g/mol. The van der Waals surface area contributed by atoms with Crippen LogP contribution in [0.1, 0.15) is 20.3 Å². The van der Waals surface area contributed by atoms with Gasteiger partial charge in [-0.05, 0) is 25.5 Å². The van der Waals surface area contributed by atoms with E-state index in [1.807, 2.05) is 6.92 Å². The van der Waals surface area contributed by atoms with Gasteiger partial charge >= 0.3 is 0 Å². The highest BCUT2D eigenvalue weighted by atomic mass is 19.1. The number of carbonyl (C=O) groups excluding carboxylic acids is 1. The molecular formula is C12H17FN2O2. The van der Waals surface area contributed by atoms with E-state index in [9.17, 15) is 9.18 Å². The summed E-state index contributed by atoms with van der Waals surface area (Å²) in [6, 6.07) is 3.69. The zero-order valence-corrected chi connectivity index (χ0v) is 10.00. The first-order valence-electron chi connectivity index (χ1n) is 5.57. The molecule has 1 amide bonds. The van der Waals surface area contributed by atoms with E-state index in [1.165, 1.54) is 12.1 Å². The van der Waals surface area contributed by atoms with Crippen LogP contribution in [0.25, 0.3) is 0 Å². The first kappa shape index (κ1) is 13.4. The van der Waals surface area contributed by atoms with E-state index in [0.717, 1.165) is 0 Å². The van der Waals surface area contributed by atoms with Crippen molar-refractivity contribution >= 4 is 11.6 Å². The molecule has 17 heavy (non-hydrogen) atoms. The van der Waals surface area contributed by atoms with Crippen molar-refractivity contribution in [2.45, 2.75) is 26.3 Å². The van der Waals surface area contributed by atoms with Crippen molar-refractivity contribution in [3.05, 3.63) is 24.0 Å². The van der Waals surface area contributed by atoms with Crippen LogP contribution in [0.15, 0.2) is 18.2 Å². The Balaban J connectivity index is 2.73. The average molecular weight is 240 g/mol. The third-order valence-electron chi connectivity index (χ3n) is 2.28. The molecule has 0 spiro atoms. The van der Waals surface area contributed by atoms with Gasteiger partial charge in [0.2, 0.25) is 5.91 Å². The van der Waals surface area contributed by atoms with Gasteiger partial charge in [-0.1, -0.05) is 6.92 Å². The molecule has 0 aliphatic heterocycles. The molecule has 1 aromatic carbocycles. The summed E-state index contributed by atoms with van der Waals surface area (Å²) in [5.41, 5.74) is 5.92. The lowest BCUT2D eigenvalue weighted by atomic mass is 10.2. The summed E-state index contributed by atoms with van der Waals surface area (Å²) in [6.07, 6.45) is 0.533. The third kappa shape index (κ3) is 3.71. The molecule has 0 bridgehead atoms. The molecule has 0 aliphatic rings. The molecule has 94 valence electrons. The molecule has 0 aliphatic carbocycles. The molecule has 0 saturated heterocycles. The maximum Gasteiger partial charge on any atom is 0.241 e. The zero-order chi connectivity index (χ0) is 12.8. The molecule has 0 radical (unpaired) electrons. The van der Waals surface area contributed by atoms with E-state index in [-0.39, 0.29) is 11.7 Å². The monoisotopic (exact) mass is 240 g/mol. The van der Waals surface area contributed by atoms with E-state index in [0.29, 0.717) is 18.7 Å². The minimum atomic E-state index is -0.579. The van der Waals surface area contributed by atoms with Gasteiger partial charge in [0.25, 0.3) is 0 Å². The van der Waals surface area contributed by atoms with E-state index >= 15 is 0 Å². The average Bonchev–Trinajstić information content (AvgIpc) is 2.31. The van der Waals surface area contributed by atoms with Crippen molar-refractivity contribution < 1.29 is 13.9 Å². The van der Waals surface area contributed by atoms with E-state index in [1.54, 1.807) is 13.0 Å². The molecule has 1 aromatic rings. The van der Waals surface area contributed by atoms with Crippen LogP contribution in [0.3, 0.4) is 0 Å². The number of amides is 1. The van der Waals surface area contributed by atoms with Crippen molar-refractivity contribution in [2.75, 3.05) is 11.9 Å². The Hall–Kier alpha value is -1.62. The Bertz CT molecular complexity index is 396. The molecule has 3 N–H and O–H groups in total. The quantitative estimate of drug-likeness (QED) is 0.826. The van der Waals surface area contributed by atoms with Gasteiger partial charge in [-0.25, -0.2) is 4.39 Å². The van der Waals surface area contributed by atoms with Crippen molar-refractivity contribution in [3.8, 4) is 5.75 Å². The summed E-state index contributed by atoms with van der Waals surface area (Å²) in [6.45, 7) is 3.97. The second-order valence-corrected chi connectivity index (χ2v) is 3.58. The summed E-state index contributed by atoms with van der Waals surface area (Å²) in [7, 11) is 0. The van der Waals surface area contributed by atoms with Crippen LogP contribution in [0.4, 0.5) is 10.1 Å². The summed E-state index contributed by atoms with van der Waals surface area (Å²) in [5, 5.41) is 2.54. The van der Waals surface area contributed by atoms with Crippen LogP contribution in [-0.4, -0.2) is 18.6 Å². The minimum absolute atomic E-state index is 0.172. The van der Waals surface area contributed by atoms with Gasteiger partial charge in [0.15, 0.2) is 11.6 Å². The predicted molar refractivity (Wildman–Crippen MR) is 64.5 cm³/mol. The number of ether oxygens (including phenoxy) is 1. The first-order chi connectivity index (χ1) is 8.08. The number of carbonyl (C=O) groups is 1. The molecule has 0 fully saturated rings. The van der Waals surface area contributed by atoms with Crippen LogP contribution < -0.4 is 15.8 Å². The number of hydrogen-bond donors (Lipinski definition) is 2. The molecule has 0 aromatic heterocycles. The second kappa shape index (κ2) is 6.20. The van der Waals surface area contributed by atoms with Gasteiger partial charge in [0, 0.05) is 11.8 Å². The van der Waals surface area contributed by atoms with Crippen LogP contribution in [-0.2, 0) is 4.79 Å². The topological polar surface area (TPSA) is 64.3 Å². The number of anilines is 1. The van der Waals surface area contributed by atoms with Crippen LogP contribution >= 0.6 is 0 Å². The lowest BCUT2D eigenvalue weighted by Crippen LogP contribution is -2.34. The predicted octanol–water partition coefficient (Wildman–Crippen LogP) is 1.90. The number of halogens is 1. The maximum atomic E-state index is 13.5. The SMILES string of the molecule is CCOc1ccc(NC(=O)[C@@H](N)CC)cc1F. The Morgan fingerprint density at radius 3 is 2.76 bits per heavy atom. The van der Waals surface area contributed by atoms with Crippen LogP contribution in [0, 0.1) is 5.82 Å². The fourth-order valence-corrected chi connectivity index (χ4v) is 1.27. The highest BCUT2D eigenvalue weighted by Gasteiger charge is 2.12. The first-order valence-corrected chi connectivity index (χ1v) is 5.57. The molecule has 1 atom stereocenters. The van der Waals surface area contributed by atoms with Gasteiger partial charge in [0.1, 0.15) is 0 Å². The number of nitrogens with two attached hydrogens (primary N) is 1. The molecule has 0 heterocycles. The Morgan fingerprint density at radius 1 is 1.53 bits per heavy atom. The van der Waals surface area contributed by atoms with Crippen LogP contribution in [0.2, 0.25) is 0 Å². The summed E-state index contributed by atoms with van der Waals surface area (Å²) < 4.78 is 18.5. The van der Waals surface area contributed by atoms with Crippen molar-refractivity contribution in [1.82, 2.24) is 0 Å². The van der Waals surface area contributed by atoms with Gasteiger partial charge in [0.05, 0.1) is 12.6 Å². The highest BCUT2D eigenvalue weighted by Crippen LogP contribution is 2.21. The number of nitrogens with one attached hydrogen (secondary N) is 1. The molecule has 1 rings (SSSR count). The van der Waals surface area contributed by atoms with Crippen molar-refractivity contribution in [3.63, 3.8) is 0 Å². The molecule has 0 unspecified atom stereocenters. The molecule has 0 saturated carbocycles. The number of hydrogen-bond acceptors (Lipinski definition) is 3. The standard InChI is InChI=1S/C12H17FN2O2/c1-3-10(14)12(16)15-8-5-6-11(17-4-2)9(13)7-8/h5-7,10H,3-4,14H2,1-2H3,(H,15,16)/t10-/m0/s1. The smallest absolute Gasteiger partial charge is 0.241 e. The second-order valence-electron chi connectivity index (χ2n) is 3.58. The number of rotatable bonds is 5. The normalized spacial score (nSPS) is 12.0. The molecule has 4 nitrogen and oxygen atoms in total. The minimum Gasteiger partial charge on any atom is -0.491 e. The third-order valence-corrected chi connectivity index (χ3v) is 2.28. The summed E-state index contributed by atoms with van der Waals surface area (Å²) in [4.78, 5) is 11.5. The highest BCUT2D eigenvalue weighted by molar-refractivity contribution is 5.94. The van der Waals surface area contributed by atoms with Crippen LogP contribution in [0.5, 0.6) is 5.75 Å². The Morgan fingerprint density at radius 2 is 2.24 bits per heavy atom. The maximum absolute atomic E-state index is 13.5. The fraction of sp³-hybridized carbons (Fsp3) is 0.417. The largest absolute Gasteiger partial charge is 0.491 e. The van der Waals surface area contributed by atoms with Crippen molar-refractivity contribution in [2.24, 2.45) is 5.73 Å².